The standard InChI is InChI=1S/C8H7ClN2.C6H12O/c1-5-7(11)3-2-6(4-10)8(5)9;7-6-4-2-1-3-5-6/h2-3H,11H2,1H3;6-7H,1-5H2. The number of hydrogen-bond acceptors (Lipinski definition) is 3. The maximum absolute atomic E-state index is 8.91. The van der Waals surface area contributed by atoms with Gasteiger partial charge in [-0.05, 0) is 37.5 Å². The largest absolute Gasteiger partial charge is 0.398 e. The highest BCUT2D eigenvalue weighted by molar-refractivity contribution is 6.32. The van der Waals surface area contributed by atoms with Crippen LogP contribution < -0.4 is 5.73 Å². The quantitative estimate of drug-likeness (QED) is 0.707. The minimum Gasteiger partial charge on any atom is -0.398 e. The highest BCUT2D eigenvalue weighted by Crippen LogP contribution is 2.24. The molecule has 3 N–H and O–H groups in total. The Morgan fingerprint density at radius 2 is 1.94 bits per heavy atom. The lowest BCUT2D eigenvalue weighted by atomic mass is 9.98. The first-order valence-electron chi connectivity index (χ1n) is 6.19. The molecule has 2 rings (SSSR count). The third-order valence-electron chi connectivity index (χ3n) is 3.12. The predicted octanol–water partition coefficient (Wildman–Crippen LogP) is 3.41. The van der Waals surface area contributed by atoms with E-state index in [0.29, 0.717) is 16.3 Å². The van der Waals surface area contributed by atoms with Gasteiger partial charge in [-0.2, -0.15) is 5.26 Å². The highest BCUT2D eigenvalue weighted by atomic mass is 35.5. The third kappa shape index (κ3) is 4.21. The number of benzene rings is 1. The van der Waals surface area contributed by atoms with Crippen molar-refractivity contribution in [1.82, 2.24) is 0 Å². The van der Waals surface area contributed by atoms with Crippen molar-refractivity contribution in [3.63, 3.8) is 0 Å². The molecule has 1 fully saturated rings. The fourth-order valence-corrected chi connectivity index (χ4v) is 2.08. The van der Waals surface area contributed by atoms with Gasteiger partial charge in [0.15, 0.2) is 0 Å². The van der Waals surface area contributed by atoms with Crippen LogP contribution in [0.15, 0.2) is 12.1 Å². The van der Waals surface area contributed by atoms with Crippen LogP contribution in [0, 0.1) is 18.3 Å². The number of aliphatic hydroxyl groups excluding tert-OH is 1. The van der Waals surface area contributed by atoms with E-state index in [-0.39, 0.29) is 6.10 Å². The minimum atomic E-state index is 0.0359. The Morgan fingerprint density at radius 3 is 2.39 bits per heavy atom. The molecule has 0 spiro atoms. The summed E-state index contributed by atoms with van der Waals surface area (Å²) < 4.78 is 0. The van der Waals surface area contributed by atoms with E-state index in [9.17, 15) is 0 Å². The van der Waals surface area contributed by atoms with Gasteiger partial charge in [-0.1, -0.05) is 30.9 Å². The van der Waals surface area contributed by atoms with Crippen molar-refractivity contribution in [3.05, 3.63) is 28.3 Å². The highest BCUT2D eigenvalue weighted by Gasteiger charge is 2.07. The van der Waals surface area contributed by atoms with E-state index in [4.69, 9.17) is 27.7 Å². The van der Waals surface area contributed by atoms with Crippen LogP contribution in [0.1, 0.15) is 43.2 Å². The Morgan fingerprint density at radius 1 is 1.33 bits per heavy atom. The summed E-state index contributed by atoms with van der Waals surface area (Å²) in [7, 11) is 0. The van der Waals surface area contributed by atoms with Crippen LogP contribution in [0.2, 0.25) is 5.02 Å². The van der Waals surface area contributed by atoms with Gasteiger partial charge in [0.1, 0.15) is 6.07 Å². The van der Waals surface area contributed by atoms with Crippen molar-refractivity contribution in [1.29, 1.82) is 5.26 Å². The molecule has 1 aromatic rings. The fourth-order valence-electron chi connectivity index (χ4n) is 1.87. The number of aliphatic hydroxyl groups is 1. The van der Waals surface area contributed by atoms with Gasteiger partial charge in [0.2, 0.25) is 0 Å². The van der Waals surface area contributed by atoms with E-state index in [1.165, 1.54) is 19.3 Å². The van der Waals surface area contributed by atoms with Crippen LogP contribution in [0.4, 0.5) is 5.69 Å². The molecule has 0 heterocycles. The topological polar surface area (TPSA) is 70.0 Å². The van der Waals surface area contributed by atoms with Crippen molar-refractivity contribution in [3.8, 4) is 6.07 Å². The van der Waals surface area contributed by atoms with Gasteiger partial charge in [0, 0.05) is 5.69 Å². The summed E-state index contributed by atoms with van der Waals surface area (Å²) in [5.41, 5.74) is 7.41. The Labute approximate surface area is 113 Å². The van der Waals surface area contributed by atoms with Crippen LogP contribution in [-0.2, 0) is 0 Å². The van der Waals surface area contributed by atoms with Crippen LogP contribution in [0.5, 0.6) is 0 Å². The van der Waals surface area contributed by atoms with Crippen LogP contribution in [0.25, 0.3) is 0 Å². The second-order valence-corrected chi connectivity index (χ2v) is 4.92. The molecule has 1 aliphatic carbocycles. The Bertz CT molecular complexity index is 434. The Balaban J connectivity index is 0.000000199. The first-order valence-corrected chi connectivity index (χ1v) is 6.56. The van der Waals surface area contributed by atoms with E-state index in [1.54, 1.807) is 19.1 Å². The first kappa shape index (κ1) is 14.8. The van der Waals surface area contributed by atoms with E-state index in [0.717, 1.165) is 18.4 Å². The SMILES string of the molecule is Cc1c(N)ccc(C#N)c1Cl.OC1CCCCC1. The van der Waals surface area contributed by atoms with Gasteiger partial charge in [0.05, 0.1) is 16.7 Å². The average molecular weight is 267 g/mol. The molecule has 0 atom stereocenters. The summed E-state index contributed by atoms with van der Waals surface area (Å²) in [5.74, 6) is 0. The number of nitriles is 1. The van der Waals surface area contributed by atoms with Crippen molar-refractivity contribution in [2.75, 3.05) is 5.73 Å². The predicted molar refractivity (Wildman–Crippen MR) is 74.4 cm³/mol. The molecule has 98 valence electrons. The number of halogens is 1. The molecular weight excluding hydrogens is 248 g/mol. The number of hydrogen-bond donors (Lipinski definition) is 2. The van der Waals surface area contributed by atoms with Gasteiger partial charge < -0.3 is 10.8 Å². The minimum absolute atomic E-state index is 0.0359. The maximum Gasteiger partial charge on any atom is 0.101 e. The lowest BCUT2D eigenvalue weighted by Crippen LogP contribution is -2.09. The normalized spacial score (nSPS) is 15.4. The smallest absolute Gasteiger partial charge is 0.101 e. The molecule has 0 aromatic heterocycles. The molecule has 0 saturated heterocycles. The summed E-state index contributed by atoms with van der Waals surface area (Å²) in [4.78, 5) is 0. The summed E-state index contributed by atoms with van der Waals surface area (Å²) in [5, 5.41) is 17.9. The van der Waals surface area contributed by atoms with Crippen molar-refractivity contribution in [2.24, 2.45) is 0 Å². The van der Waals surface area contributed by atoms with Gasteiger partial charge in [-0.3, -0.25) is 0 Å². The zero-order valence-electron chi connectivity index (χ0n) is 10.6. The molecule has 1 saturated carbocycles. The van der Waals surface area contributed by atoms with Gasteiger partial charge in [-0.15, -0.1) is 0 Å². The van der Waals surface area contributed by atoms with Crippen LogP contribution in [0.3, 0.4) is 0 Å². The zero-order valence-corrected chi connectivity index (χ0v) is 11.4. The van der Waals surface area contributed by atoms with Crippen LogP contribution >= 0.6 is 11.6 Å². The van der Waals surface area contributed by atoms with Crippen molar-refractivity contribution >= 4 is 17.3 Å². The lowest BCUT2D eigenvalue weighted by Gasteiger charge is -2.14. The van der Waals surface area contributed by atoms with Gasteiger partial charge in [0.25, 0.3) is 0 Å². The van der Waals surface area contributed by atoms with Gasteiger partial charge in [-0.25, -0.2) is 0 Å². The van der Waals surface area contributed by atoms with Crippen LogP contribution in [-0.4, -0.2) is 11.2 Å². The molecule has 1 aliphatic rings. The van der Waals surface area contributed by atoms with Crippen molar-refractivity contribution < 1.29 is 5.11 Å². The number of nitrogens with two attached hydrogens (primary N) is 1. The zero-order chi connectivity index (χ0) is 13.5. The second-order valence-electron chi connectivity index (χ2n) is 4.54. The second kappa shape index (κ2) is 7.25. The average Bonchev–Trinajstić information content (AvgIpc) is 2.38. The van der Waals surface area contributed by atoms with Gasteiger partial charge >= 0.3 is 0 Å². The third-order valence-corrected chi connectivity index (χ3v) is 3.61. The molecule has 1 aromatic carbocycles. The van der Waals surface area contributed by atoms with E-state index >= 15 is 0 Å². The molecule has 0 amide bonds. The fraction of sp³-hybridized carbons (Fsp3) is 0.500. The number of nitrogen functional groups attached to an aromatic ring is 1. The molecule has 0 bridgehead atoms. The summed E-state index contributed by atoms with van der Waals surface area (Å²) in [6, 6.07) is 5.27. The molecular formula is C14H19ClN2O. The lowest BCUT2D eigenvalue weighted by molar-refractivity contribution is 0.130. The van der Waals surface area contributed by atoms with E-state index in [2.05, 4.69) is 0 Å². The Hall–Kier alpha value is -1.24. The molecule has 0 radical (unpaired) electrons. The van der Waals surface area contributed by atoms with Crippen molar-refractivity contribution in [2.45, 2.75) is 45.1 Å². The first-order chi connectivity index (χ1) is 8.56. The number of nitrogens with zero attached hydrogens (tertiary/aromatic N) is 1. The summed E-state index contributed by atoms with van der Waals surface area (Å²) >= 11 is 5.80. The summed E-state index contributed by atoms with van der Waals surface area (Å²) in [6.07, 6.45) is 5.92. The number of anilines is 1. The molecule has 3 nitrogen and oxygen atoms in total. The molecule has 0 aliphatic heterocycles. The molecule has 18 heavy (non-hydrogen) atoms. The molecule has 4 heteroatoms. The molecule has 0 unspecified atom stereocenters. The number of rotatable bonds is 0. The Kier molecular flexibility index (Phi) is 5.97. The monoisotopic (exact) mass is 266 g/mol. The van der Waals surface area contributed by atoms with E-state index in [1.807, 2.05) is 6.07 Å². The summed E-state index contributed by atoms with van der Waals surface area (Å²) in [6.45, 7) is 1.79. The maximum atomic E-state index is 8.91. The van der Waals surface area contributed by atoms with E-state index < -0.39 is 0 Å².